The minimum atomic E-state index is -0.347. The van der Waals surface area contributed by atoms with Gasteiger partial charge in [-0.05, 0) is 61.0 Å². The Morgan fingerprint density at radius 3 is 2.22 bits per heavy atom. The molecule has 0 unspecified atom stereocenters. The van der Waals surface area contributed by atoms with Gasteiger partial charge in [-0.15, -0.1) is 0 Å². The lowest BCUT2D eigenvalue weighted by molar-refractivity contribution is 0.0653. The van der Waals surface area contributed by atoms with Crippen LogP contribution in [0, 0.1) is 0 Å². The van der Waals surface area contributed by atoms with Crippen molar-refractivity contribution in [3.63, 3.8) is 0 Å². The van der Waals surface area contributed by atoms with Crippen LogP contribution in [0.4, 0.5) is 21.9 Å². The summed E-state index contributed by atoms with van der Waals surface area (Å²) in [4.78, 5) is 38.2. The first-order valence-electron chi connectivity index (χ1n) is 10.1. The van der Waals surface area contributed by atoms with Gasteiger partial charge in [0.2, 0.25) is 0 Å². The molecular weight excluding hydrogens is 472 g/mol. The van der Waals surface area contributed by atoms with Gasteiger partial charge in [0.1, 0.15) is 0 Å². The minimum Gasteiger partial charge on any atom is -0.356 e. The van der Waals surface area contributed by atoms with Crippen LogP contribution in [0.2, 0.25) is 0 Å². The lowest BCUT2D eigenvalue weighted by atomic mass is 10.1. The van der Waals surface area contributed by atoms with E-state index in [4.69, 9.17) is 0 Å². The topological polar surface area (TPSA) is 90.5 Å². The van der Waals surface area contributed by atoms with E-state index in [0.29, 0.717) is 29.8 Å². The first-order valence-corrected chi connectivity index (χ1v) is 10.9. The van der Waals surface area contributed by atoms with E-state index in [-0.39, 0.29) is 24.4 Å². The second-order valence-corrected chi connectivity index (χ2v) is 8.17. The molecule has 1 aliphatic heterocycles. The van der Waals surface area contributed by atoms with Crippen molar-refractivity contribution in [2.45, 2.75) is 6.42 Å². The molecule has 8 heteroatoms. The van der Waals surface area contributed by atoms with Gasteiger partial charge >= 0.3 is 6.03 Å². The van der Waals surface area contributed by atoms with Gasteiger partial charge in [-0.2, -0.15) is 0 Å². The number of halogens is 1. The van der Waals surface area contributed by atoms with E-state index in [2.05, 4.69) is 31.9 Å². The Morgan fingerprint density at radius 1 is 0.812 bits per heavy atom. The van der Waals surface area contributed by atoms with Gasteiger partial charge in [0.15, 0.2) is 0 Å². The Bertz CT molecular complexity index is 1150. The fourth-order valence-electron chi connectivity index (χ4n) is 3.41. The number of amides is 4. The molecule has 7 nitrogen and oxygen atoms in total. The van der Waals surface area contributed by atoms with Gasteiger partial charge in [0, 0.05) is 34.6 Å². The zero-order chi connectivity index (χ0) is 22.5. The van der Waals surface area contributed by atoms with E-state index in [1.54, 1.807) is 18.2 Å². The van der Waals surface area contributed by atoms with Gasteiger partial charge in [0.05, 0.1) is 11.1 Å². The molecule has 0 fully saturated rings. The number of benzene rings is 3. The third-order valence-electron chi connectivity index (χ3n) is 4.98. The second kappa shape index (κ2) is 9.65. The molecule has 3 aromatic carbocycles. The van der Waals surface area contributed by atoms with Crippen LogP contribution in [-0.2, 0) is 0 Å². The van der Waals surface area contributed by atoms with E-state index < -0.39 is 0 Å². The molecule has 0 bridgehead atoms. The van der Waals surface area contributed by atoms with Crippen molar-refractivity contribution in [1.82, 2.24) is 10.2 Å². The molecule has 1 heterocycles. The van der Waals surface area contributed by atoms with Crippen LogP contribution in [0.3, 0.4) is 0 Å². The van der Waals surface area contributed by atoms with E-state index in [1.807, 2.05) is 54.6 Å². The summed E-state index contributed by atoms with van der Waals surface area (Å²) in [5.41, 5.74) is 3.37. The van der Waals surface area contributed by atoms with Gasteiger partial charge in [0.25, 0.3) is 11.8 Å². The number of carbonyl (C=O) groups excluding carboxylic acids is 3. The van der Waals surface area contributed by atoms with Crippen LogP contribution in [0.15, 0.2) is 77.3 Å². The maximum atomic E-state index is 12.5. The van der Waals surface area contributed by atoms with E-state index in [0.717, 1.165) is 15.8 Å². The maximum absolute atomic E-state index is 12.5. The number of nitrogens with one attached hydrogen (secondary N) is 3. The summed E-state index contributed by atoms with van der Waals surface area (Å²) in [6, 6.07) is 21.9. The SMILES string of the molecule is O=C(NCCCN1C(=O)c2ccc(Br)cc2C1=O)Nc1ccc(Nc2ccccc2)cc1. The van der Waals surface area contributed by atoms with Crippen LogP contribution in [0.5, 0.6) is 0 Å². The number of nitrogens with zero attached hydrogens (tertiary/aromatic N) is 1. The van der Waals surface area contributed by atoms with Gasteiger partial charge in [-0.1, -0.05) is 34.1 Å². The molecular formula is C24H21BrN4O3. The fourth-order valence-corrected chi connectivity index (χ4v) is 3.77. The molecule has 0 saturated carbocycles. The Labute approximate surface area is 193 Å². The standard InChI is InChI=1S/C24H21BrN4O3/c25-16-7-12-20-21(15-16)23(31)29(22(20)30)14-4-13-26-24(32)28-19-10-8-18(9-11-19)27-17-5-2-1-3-6-17/h1-3,5-12,15,27H,4,13-14H2,(H2,26,28,32). The van der Waals surface area contributed by atoms with Gasteiger partial charge < -0.3 is 16.0 Å². The number of carbonyl (C=O) groups is 3. The largest absolute Gasteiger partial charge is 0.356 e. The number of anilines is 3. The van der Waals surface area contributed by atoms with Crippen molar-refractivity contribution < 1.29 is 14.4 Å². The highest BCUT2D eigenvalue weighted by atomic mass is 79.9. The van der Waals surface area contributed by atoms with Crippen LogP contribution >= 0.6 is 15.9 Å². The Morgan fingerprint density at radius 2 is 1.47 bits per heavy atom. The normalized spacial score (nSPS) is 12.5. The van der Waals surface area contributed by atoms with Gasteiger partial charge in [-0.25, -0.2) is 4.79 Å². The zero-order valence-electron chi connectivity index (χ0n) is 17.1. The van der Waals surface area contributed by atoms with Crippen molar-refractivity contribution >= 4 is 50.8 Å². The summed E-state index contributed by atoms with van der Waals surface area (Å²) >= 11 is 3.32. The summed E-state index contributed by atoms with van der Waals surface area (Å²) in [6.45, 7) is 0.570. The third-order valence-corrected chi connectivity index (χ3v) is 5.48. The van der Waals surface area contributed by atoms with Crippen molar-refractivity contribution in [2.24, 2.45) is 0 Å². The average Bonchev–Trinajstić information content (AvgIpc) is 3.02. The summed E-state index contributed by atoms with van der Waals surface area (Å²) < 4.78 is 0.751. The summed E-state index contributed by atoms with van der Waals surface area (Å²) in [6.07, 6.45) is 0.458. The van der Waals surface area contributed by atoms with E-state index in [9.17, 15) is 14.4 Å². The number of rotatable bonds is 7. The van der Waals surface area contributed by atoms with Crippen LogP contribution in [-0.4, -0.2) is 35.8 Å². The predicted molar refractivity (Wildman–Crippen MR) is 127 cm³/mol. The Hall–Kier alpha value is -3.65. The minimum absolute atomic E-state index is 0.240. The Balaban J connectivity index is 1.21. The first-order chi connectivity index (χ1) is 15.5. The highest BCUT2D eigenvalue weighted by Gasteiger charge is 2.34. The van der Waals surface area contributed by atoms with Crippen molar-refractivity contribution in [3.8, 4) is 0 Å². The van der Waals surface area contributed by atoms with Crippen LogP contribution in [0.1, 0.15) is 27.1 Å². The quantitative estimate of drug-likeness (QED) is 0.319. The first kappa shape index (κ1) is 21.6. The molecule has 3 aromatic rings. The molecule has 3 N–H and O–H groups in total. The number of imide groups is 1. The van der Waals surface area contributed by atoms with E-state index in [1.165, 1.54) is 4.90 Å². The average molecular weight is 493 g/mol. The molecule has 0 spiro atoms. The number of urea groups is 1. The smallest absolute Gasteiger partial charge is 0.319 e. The molecule has 4 rings (SSSR count). The van der Waals surface area contributed by atoms with Gasteiger partial charge in [-0.3, -0.25) is 14.5 Å². The summed E-state index contributed by atoms with van der Waals surface area (Å²) in [5, 5.41) is 8.80. The van der Waals surface area contributed by atoms with Crippen LogP contribution < -0.4 is 16.0 Å². The number of hydrogen-bond acceptors (Lipinski definition) is 4. The number of fused-ring (bicyclic) bond motifs is 1. The van der Waals surface area contributed by atoms with Crippen molar-refractivity contribution in [1.29, 1.82) is 0 Å². The fraction of sp³-hybridized carbons (Fsp3) is 0.125. The number of para-hydroxylation sites is 1. The van der Waals surface area contributed by atoms with Crippen molar-refractivity contribution in [3.05, 3.63) is 88.4 Å². The molecule has 32 heavy (non-hydrogen) atoms. The molecule has 162 valence electrons. The second-order valence-electron chi connectivity index (χ2n) is 7.25. The highest BCUT2D eigenvalue weighted by molar-refractivity contribution is 9.10. The molecule has 4 amide bonds. The van der Waals surface area contributed by atoms with Crippen molar-refractivity contribution in [2.75, 3.05) is 23.7 Å². The summed E-state index contributed by atoms with van der Waals surface area (Å²) in [5.74, 6) is -0.605. The maximum Gasteiger partial charge on any atom is 0.319 e. The molecule has 0 atom stereocenters. The third kappa shape index (κ3) is 4.97. The van der Waals surface area contributed by atoms with Crippen LogP contribution in [0.25, 0.3) is 0 Å². The lowest BCUT2D eigenvalue weighted by Crippen LogP contribution is -2.35. The van der Waals surface area contributed by atoms with E-state index >= 15 is 0 Å². The number of hydrogen-bond donors (Lipinski definition) is 3. The molecule has 0 aromatic heterocycles. The molecule has 0 aliphatic carbocycles. The highest BCUT2D eigenvalue weighted by Crippen LogP contribution is 2.26. The monoisotopic (exact) mass is 492 g/mol. The molecule has 1 aliphatic rings. The summed E-state index contributed by atoms with van der Waals surface area (Å²) in [7, 11) is 0. The Kier molecular flexibility index (Phi) is 6.51. The lowest BCUT2D eigenvalue weighted by Gasteiger charge is -2.14. The zero-order valence-corrected chi connectivity index (χ0v) is 18.7. The molecule has 0 radical (unpaired) electrons. The predicted octanol–water partition coefficient (Wildman–Crippen LogP) is 5.00. The molecule has 0 saturated heterocycles.